The molecular formula is C8H12O4. The molecule has 0 rings (SSSR count). The molecular weight excluding hydrogens is 160 g/mol. The Morgan fingerprint density at radius 3 is 2.50 bits per heavy atom. The molecule has 0 aromatic rings. The molecule has 0 fully saturated rings. The molecule has 1 atom stereocenters. The van der Waals surface area contributed by atoms with Crippen LogP contribution in [0.2, 0.25) is 0 Å². The van der Waals surface area contributed by atoms with Gasteiger partial charge in [0.2, 0.25) is 0 Å². The summed E-state index contributed by atoms with van der Waals surface area (Å²) in [4.78, 5) is 21.1. The topological polar surface area (TPSA) is 63.6 Å². The molecule has 0 saturated heterocycles. The van der Waals surface area contributed by atoms with Gasteiger partial charge < -0.3 is 9.84 Å². The Balaban J connectivity index is 4.03. The van der Waals surface area contributed by atoms with Crippen molar-refractivity contribution in [3.8, 4) is 0 Å². The first-order valence-electron chi connectivity index (χ1n) is 3.68. The zero-order valence-corrected chi connectivity index (χ0v) is 7.11. The molecule has 1 N–H and O–H groups in total. The van der Waals surface area contributed by atoms with Gasteiger partial charge in [-0.15, -0.1) is 0 Å². The van der Waals surface area contributed by atoms with Gasteiger partial charge in [-0.2, -0.15) is 0 Å². The highest BCUT2D eigenvalue weighted by atomic mass is 16.6. The average molecular weight is 172 g/mol. The van der Waals surface area contributed by atoms with Gasteiger partial charge >= 0.3 is 11.9 Å². The Kier molecular flexibility index (Phi) is 4.76. The summed E-state index contributed by atoms with van der Waals surface area (Å²) in [5.41, 5.74) is 0. The molecule has 4 nitrogen and oxygen atoms in total. The average Bonchev–Trinajstić information content (AvgIpc) is 2.00. The molecule has 0 aromatic carbocycles. The van der Waals surface area contributed by atoms with Gasteiger partial charge in [-0.3, -0.25) is 0 Å². The number of hydrogen-bond acceptors (Lipinski definition) is 3. The maximum atomic E-state index is 10.7. The first-order chi connectivity index (χ1) is 5.61. The number of ether oxygens (including phenoxy) is 1. The number of carboxylic acids is 1. The van der Waals surface area contributed by atoms with Crippen LogP contribution in [-0.4, -0.2) is 23.1 Å². The Bertz CT molecular complexity index is 195. The number of carbonyl (C=O) groups excluding carboxylic acids is 1. The second-order valence-corrected chi connectivity index (χ2v) is 2.17. The lowest BCUT2D eigenvalue weighted by molar-refractivity contribution is -0.160. The van der Waals surface area contributed by atoms with Crippen LogP contribution in [0.15, 0.2) is 12.2 Å². The molecule has 0 heterocycles. The molecule has 0 saturated carbocycles. The second-order valence-electron chi connectivity index (χ2n) is 2.17. The highest BCUT2D eigenvalue weighted by Crippen LogP contribution is 1.98. The standard InChI is InChI=1S/C8H12O4/c1-3-5-7(9)12-6(4-2)8(10)11/h3,5-6H,4H2,1-2H3,(H,10,11). The van der Waals surface area contributed by atoms with Crippen LogP contribution in [-0.2, 0) is 14.3 Å². The maximum absolute atomic E-state index is 10.7. The van der Waals surface area contributed by atoms with Crippen molar-refractivity contribution >= 4 is 11.9 Å². The van der Waals surface area contributed by atoms with Gasteiger partial charge in [0.1, 0.15) is 0 Å². The van der Waals surface area contributed by atoms with E-state index in [9.17, 15) is 9.59 Å². The van der Waals surface area contributed by atoms with Crippen molar-refractivity contribution < 1.29 is 19.4 Å². The lowest BCUT2D eigenvalue weighted by Crippen LogP contribution is -2.25. The molecule has 1 unspecified atom stereocenters. The summed E-state index contributed by atoms with van der Waals surface area (Å²) in [7, 11) is 0. The summed E-state index contributed by atoms with van der Waals surface area (Å²) in [5.74, 6) is -1.73. The highest BCUT2D eigenvalue weighted by molar-refractivity contribution is 5.85. The molecule has 4 heteroatoms. The van der Waals surface area contributed by atoms with E-state index in [0.29, 0.717) is 0 Å². The zero-order valence-electron chi connectivity index (χ0n) is 7.11. The van der Waals surface area contributed by atoms with E-state index in [1.807, 2.05) is 0 Å². The van der Waals surface area contributed by atoms with Crippen molar-refractivity contribution in [3.63, 3.8) is 0 Å². The van der Waals surface area contributed by atoms with Gasteiger partial charge in [-0.05, 0) is 13.3 Å². The van der Waals surface area contributed by atoms with E-state index in [4.69, 9.17) is 5.11 Å². The normalized spacial score (nSPS) is 12.8. The van der Waals surface area contributed by atoms with Crippen molar-refractivity contribution in [2.75, 3.05) is 0 Å². The molecule has 68 valence electrons. The monoisotopic (exact) mass is 172 g/mol. The minimum absolute atomic E-state index is 0.276. The lowest BCUT2D eigenvalue weighted by Gasteiger charge is -2.08. The van der Waals surface area contributed by atoms with Crippen molar-refractivity contribution in [2.45, 2.75) is 26.4 Å². The van der Waals surface area contributed by atoms with Crippen molar-refractivity contribution in [1.82, 2.24) is 0 Å². The van der Waals surface area contributed by atoms with Crippen LogP contribution >= 0.6 is 0 Å². The Hall–Kier alpha value is -1.32. The number of rotatable bonds is 4. The highest BCUT2D eigenvalue weighted by Gasteiger charge is 2.17. The number of carbonyl (C=O) groups is 2. The number of allylic oxidation sites excluding steroid dienone is 1. The van der Waals surface area contributed by atoms with Crippen LogP contribution in [0.4, 0.5) is 0 Å². The minimum Gasteiger partial charge on any atom is -0.479 e. The molecule has 12 heavy (non-hydrogen) atoms. The smallest absolute Gasteiger partial charge is 0.345 e. The molecule has 0 bridgehead atoms. The summed E-state index contributed by atoms with van der Waals surface area (Å²) in [6, 6.07) is 0. The largest absolute Gasteiger partial charge is 0.479 e. The fourth-order valence-electron chi connectivity index (χ4n) is 0.624. The molecule has 0 aliphatic rings. The van der Waals surface area contributed by atoms with Gasteiger partial charge in [0.25, 0.3) is 0 Å². The summed E-state index contributed by atoms with van der Waals surface area (Å²) >= 11 is 0. The van der Waals surface area contributed by atoms with E-state index in [1.165, 1.54) is 12.2 Å². The Labute approximate surface area is 70.8 Å². The third-order valence-corrected chi connectivity index (χ3v) is 1.21. The van der Waals surface area contributed by atoms with Crippen molar-refractivity contribution in [3.05, 3.63) is 12.2 Å². The number of hydrogen-bond donors (Lipinski definition) is 1. The van der Waals surface area contributed by atoms with Gasteiger partial charge in [-0.25, -0.2) is 9.59 Å². The van der Waals surface area contributed by atoms with Gasteiger partial charge in [-0.1, -0.05) is 13.0 Å². The fraction of sp³-hybridized carbons (Fsp3) is 0.500. The molecule has 0 radical (unpaired) electrons. The summed E-state index contributed by atoms with van der Waals surface area (Å²) in [6.07, 6.45) is 1.93. The van der Waals surface area contributed by atoms with Gasteiger partial charge in [0.15, 0.2) is 6.10 Å². The van der Waals surface area contributed by atoms with E-state index in [-0.39, 0.29) is 6.42 Å². The van der Waals surface area contributed by atoms with Crippen LogP contribution in [0.1, 0.15) is 20.3 Å². The van der Waals surface area contributed by atoms with E-state index < -0.39 is 18.0 Å². The summed E-state index contributed by atoms with van der Waals surface area (Å²) < 4.78 is 4.58. The third kappa shape index (κ3) is 3.75. The Morgan fingerprint density at radius 2 is 2.17 bits per heavy atom. The first-order valence-corrected chi connectivity index (χ1v) is 3.68. The van der Waals surface area contributed by atoms with E-state index in [1.54, 1.807) is 13.8 Å². The van der Waals surface area contributed by atoms with Crippen LogP contribution in [0.25, 0.3) is 0 Å². The van der Waals surface area contributed by atoms with Gasteiger partial charge in [0.05, 0.1) is 0 Å². The molecule has 0 aliphatic carbocycles. The van der Waals surface area contributed by atoms with Gasteiger partial charge in [0, 0.05) is 6.08 Å². The molecule has 0 aromatic heterocycles. The van der Waals surface area contributed by atoms with E-state index in [2.05, 4.69) is 4.74 Å². The summed E-state index contributed by atoms with van der Waals surface area (Å²) in [5, 5.41) is 8.49. The minimum atomic E-state index is -1.12. The quantitative estimate of drug-likeness (QED) is 0.507. The molecule has 0 aliphatic heterocycles. The number of aliphatic carboxylic acids is 1. The van der Waals surface area contributed by atoms with Crippen LogP contribution in [0.3, 0.4) is 0 Å². The zero-order chi connectivity index (χ0) is 9.56. The predicted molar refractivity (Wildman–Crippen MR) is 42.6 cm³/mol. The maximum Gasteiger partial charge on any atom is 0.345 e. The Morgan fingerprint density at radius 1 is 1.58 bits per heavy atom. The van der Waals surface area contributed by atoms with E-state index >= 15 is 0 Å². The van der Waals surface area contributed by atoms with Crippen LogP contribution < -0.4 is 0 Å². The fourth-order valence-corrected chi connectivity index (χ4v) is 0.624. The van der Waals surface area contributed by atoms with Crippen LogP contribution in [0, 0.1) is 0 Å². The van der Waals surface area contributed by atoms with Crippen molar-refractivity contribution in [2.24, 2.45) is 0 Å². The third-order valence-electron chi connectivity index (χ3n) is 1.21. The SMILES string of the molecule is CC=CC(=O)OC(CC)C(=O)O. The second kappa shape index (κ2) is 5.35. The van der Waals surface area contributed by atoms with E-state index in [0.717, 1.165) is 0 Å². The predicted octanol–water partition coefficient (Wildman–Crippen LogP) is 0.969. The number of carboxylic acid groups (broad SMARTS) is 1. The number of esters is 1. The summed E-state index contributed by atoms with van der Waals surface area (Å²) in [6.45, 7) is 3.30. The lowest BCUT2D eigenvalue weighted by atomic mass is 10.3. The van der Waals surface area contributed by atoms with Crippen molar-refractivity contribution in [1.29, 1.82) is 0 Å². The first kappa shape index (κ1) is 10.7. The molecule has 0 amide bonds. The molecule has 0 spiro atoms. The van der Waals surface area contributed by atoms with Crippen LogP contribution in [0.5, 0.6) is 0 Å².